The van der Waals surface area contributed by atoms with E-state index in [1.165, 1.54) is 5.56 Å². The predicted molar refractivity (Wildman–Crippen MR) is 62.4 cm³/mol. The van der Waals surface area contributed by atoms with E-state index in [-0.39, 0.29) is 0 Å². The molecule has 2 rings (SSSR count). The molecule has 0 atom stereocenters. The highest BCUT2D eigenvalue weighted by molar-refractivity contribution is 5.87. The molecular formula is C13H12N2O. The lowest BCUT2D eigenvalue weighted by atomic mass is 10.1. The van der Waals surface area contributed by atoms with E-state index in [0.717, 1.165) is 17.3 Å². The number of hydrogen-bond donors (Lipinski definition) is 0. The molecule has 0 radical (unpaired) electrons. The van der Waals surface area contributed by atoms with Crippen LogP contribution in [0.4, 0.5) is 0 Å². The molecule has 0 bridgehead atoms. The lowest BCUT2D eigenvalue weighted by Gasteiger charge is -2.07. The number of benzene rings is 1. The van der Waals surface area contributed by atoms with E-state index in [1.807, 2.05) is 18.2 Å². The van der Waals surface area contributed by atoms with E-state index in [2.05, 4.69) is 18.0 Å². The molecule has 0 aliphatic heterocycles. The molecule has 1 heterocycles. The third-order valence-electron chi connectivity index (χ3n) is 2.62. The molecule has 1 aromatic heterocycles. The Morgan fingerprint density at radius 1 is 1.44 bits per heavy atom. The Kier molecular flexibility index (Phi) is 2.74. The van der Waals surface area contributed by atoms with Crippen LogP contribution in [0.2, 0.25) is 0 Å². The van der Waals surface area contributed by atoms with Gasteiger partial charge in [0.2, 0.25) is 0 Å². The fraction of sp³-hybridized carbons (Fsp3) is 0.231. The molecule has 0 fully saturated rings. The summed E-state index contributed by atoms with van der Waals surface area (Å²) < 4.78 is 5.29. The van der Waals surface area contributed by atoms with Crippen LogP contribution in [0.25, 0.3) is 10.9 Å². The number of aromatic nitrogens is 1. The van der Waals surface area contributed by atoms with Crippen molar-refractivity contribution in [1.82, 2.24) is 4.98 Å². The molecule has 0 unspecified atom stereocenters. The van der Waals surface area contributed by atoms with Crippen molar-refractivity contribution in [3.63, 3.8) is 0 Å². The van der Waals surface area contributed by atoms with Gasteiger partial charge in [-0.3, -0.25) is 4.98 Å². The van der Waals surface area contributed by atoms with Crippen molar-refractivity contribution in [2.24, 2.45) is 0 Å². The van der Waals surface area contributed by atoms with Gasteiger partial charge in [0.1, 0.15) is 17.4 Å². The molecule has 0 amide bonds. The zero-order chi connectivity index (χ0) is 11.5. The monoisotopic (exact) mass is 212 g/mol. The van der Waals surface area contributed by atoms with Gasteiger partial charge in [-0.05, 0) is 24.1 Å². The summed E-state index contributed by atoms with van der Waals surface area (Å²) in [7, 11) is 1.58. The summed E-state index contributed by atoms with van der Waals surface area (Å²) in [6.45, 7) is 2.09. The summed E-state index contributed by atoms with van der Waals surface area (Å²) in [5.74, 6) is 0.614. The lowest BCUT2D eigenvalue weighted by Crippen LogP contribution is -1.93. The zero-order valence-electron chi connectivity index (χ0n) is 9.32. The summed E-state index contributed by atoms with van der Waals surface area (Å²) in [6.07, 6.45) is 2.50. The Bertz CT molecular complexity index is 570. The zero-order valence-corrected chi connectivity index (χ0v) is 9.32. The molecule has 0 aliphatic rings. The smallest absolute Gasteiger partial charge is 0.147 e. The Hall–Kier alpha value is -2.08. The number of rotatable bonds is 2. The first-order valence-corrected chi connectivity index (χ1v) is 5.16. The largest absolute Gasteiger partial charge is 0.495 e. The maximum atomic E-state index is 8.97. The highest BCUT2D eigenvalue weighted by Crippen LogP contribution is 2.28. The average Bonchev–Trinajstić information content (AvgIpc) is 2.36. The molecule has 0 saturated carbocycles. The topological polar surface area (TPSA) is 45.9 Å². The third-order valence-corrected chi connectivity index (χ3v) is 2.62. The van der Waals surface area contributed by atoms with Crippen molar-refractivity contribution >= 4 is 10.9 Å². The number of hydrogen-bond acceptors (Lipinski definition) is 3. The number of nitrogens with zero attached hydrogens (tertiary/aromatic N) is 2. The second-order valence-electron chi connectivity index (χ2n) is 3.52. The second kappa shape index (κ2) is 4.19. The van der Waals surface area contributed by atoms with Crippen molar-refractivity contribution in [2.45, 2.75) is 13.3 Å². The van der Waals surface area contributed by atoms with Crippen LogP contribution >= 0.6 is 0 Å². The van der Waals surface area contributed by atoms with E-state index in [9.17, 15) is 0 Å². The minimum absolute atomic E-state index is 0.475. The molecule has 0 aliphatic carbocycles. The molecule has 3 heteroatoms. The minimum atomic E-state index is 0.475. The Morgan fingerprint density at radius 3 is 2.88 bits per heavy atom. The van der Waals surface area contributed by atoms with E-state index in [0.29, 0.717) is 11.3 Å². The first kappa shape index (κ1) is 10.4. The van der Waals surface area contributed by atoms with Crippen LogP contribution in [-0.4, -0.2) is 12.1 Å². The van der Waals surface area contributed by atoms with Gasteiger partial charge in [-0.1, -0.05) is 13.0 Å². The molecular weight excluding hydrogens is 200 g/mol. The predicted octanol–water partition coefficient (Wildman–Crippen LogP) is 2.68. The van der Waals surface area contributed by atoms with Crippen LogP contribution in [0.5, 0.6) is 5.75 Å². The van der Waals surface area contributed by atoms with E-state index in [4.69, 9.17) is 10.00 Å². The van der Waals surface area contributed by atoms with Gasteiger partial charge in [0, 0.05) is 11.6 Å². The van der Waals surface area contributed by atoms with Gasteiger partial charge in [0.05, 0.1) is 12.6 Å². The summed E-state index contributed by atoms with van der Waals surface area (Å²) in [5.41, 5.74) is 2.54. The third kappa shape index (κ3) is 1.59. The van der Waals surface area contributed by atoms with Crippen LogP contribution in [0.15, 0.2) is 24.4 Å². The Balaban J connectivity index is 2.79. The quantitative estimate of drug-likeness (QED) is 0.768. The minimum Gasteiger partial charge on any atom is -0.495 e. The molecule has 3 nitrogen and oxygen atoms in total. The molecule has 0 spiro atoms. The fourth-order valence-corrected chi connectivity index (χ4v) is 1.73. The van der Waals surface area contributed by atoms with Gasteiger partial charge in [-0.15, -0.1) is 0 Å². The van der Waals surface area contributed by atoms with Crippen molar-refractivity contribution in [1.29, 1.82) is 5.26 Å². The number of nitriles is 1. The maximum Gasteiger partial charge on any atom is 0.147 e. The summed E-state index contributed by atoms with van der Waals surface area (Å²) in [6, 6.07) is 8.12. The number of ether oxygens (including phenoxy) is 1. The first-order chi connectivity index (χ1) is 7.80. The molecule has 1 aromatic carbocycles. The van der Waals surface area contributed by atoms with Crippen molar-refractivity contribution < 1.29 is 4.74 Å². The fourth-order valence-electron chi connectivity index (χ4n) is 1.73. The number of pyridine rings is 1. The van der Waals surface area contributed by atoms with E-state index in [1.54, 1.807) is 13.3 Å². The Labute approximate surface area is 94.3 Å². The Morgan fingerprint density at radius 2 is 2.25 bits per heavy atom. The van der Waals surface area contributed by atoms with Crippen LogP contribution in [0, 0.1) is 11.3 Å². The molecule has 16 heavy (non-hydrogen) atoms. The number of methoxy groups -OCH3 is 1. The average molecular weight is 212 g/mol. The van der Waals surface area contributed by atoms with E-state index >= 15 is 0 Å². The first-order valence-electron chi connectivity index (χ1n) is 5.16. The van der Waals surface area contributed by atoms with Gasteiger partial charge in [0.15, 0.2) is 0 Å². The summed E-state index contributed by atoms with van der Waals surface area (Å²) >= 11 is 0. The number of fused-ring (bicyclic) bond motifs is 1. The molecule has 0 saturated heterocycles. The van der Waals surface area contributed by atoms with Gasteiger partial charge < -0.3 is 4.74 Å². The molecule has 2 aromatic rings. The van der Waals surface area contributed by atoms with Gasteiger partial charge in [0.25, 0.3) is 0 Å². The second-order valence-corrected chi connectivity index (χ2v) is 3.52. The van der Waals surface area contributed by atoms with Crippen molar-refractivity contribution in [2.75, 3.05) is 7.11 Å². The molecule has 0 N–H and O–H groups in total. The summed E-state index contributed by atoms with van der Waals surface area (Å²) in [4.78, 5) is 4.23. The standard InChI is InChI=1S/C13H12N2O/c1-3-9-4-5-12-11(6-9)13(16-2)10(7-14)8-15-12/h4-6,8H,3H2,1-2H3. The normalized spacial score (nSPS) is 10.1. The van der Waals surface area contributed by atoms with Crippen LogP contribution in [0.1, 0.15) is 18.1 Å². The maximum absolute atomic E-state index is 8.97. The van der Waals surface area contributed by atoms with Crippen LogP contribution in [-0.2, 0) is 6.42 Å². The van der Waals surface area contributed by atoms with Gasteiger partial charge in [-0.25, -0.2) is 0 Å². The lowest BCUT2D eigenvalue weighted by molar-refractivity contribution is 0.418. The van der Waals surface area contributed by atoms with Crippen LogP contribution in [0.3, 0.4) is 0 Å². The van der Waals surface area contributed by atoms with Crippen molar-refractivity contribution in [3.05, 3.63) is 35.5 Å². The SMILES string of the molecule is CCc1ccc2ncc(C#N)c(OC)c2c1. The molecule has 80 valence electrons. The number of aryl methyl sites for hydroxylation is 1. The van der Waals surface area contributed by atoms with Gasteiger partial charge >= 0.3 is 0 Å². The highest BCUT2D eigenvalue weighted by Gasteiger charge is 2.09. The highest BCUT2D eigenvalue weighted by atomic mass is 16.5. The van der Waals surface area contributed by atoms with Crippen LogP contribution < -0.4 is 4.74 Å². The van der Waals surface area contributed by atoms with Gasteiger partial charge in [-0.2, -0.15) is 5.26 Å². The van der Waals surface area contributed by atoms with Crippen molar-refractivity contribution in [3.8, 4) is 11.8 Å². The summed E-state index contributed by atoms with van der Waals surface area (Å²) in [5, 5.41) is 9.87. The van der Waals surface area contributed by atoms with E-state index < -0.39 is 0 Å².